The van der Waals surface area contributed by atoms with E-state index < -0.39 is 5.91 Å². The number of benzene rings is 2. The van der Waals surface area contributed by atoms with Gasteiger partial charge in [0, 0.05) is 16.8 Å². The third-order valence-electron chi connectivity index (χ3n) is 5.63. The summed E-state index contributed by atoms with van der Waals surface area (Å²) in [5.74, 6) is -0.317. The van der Waals surface area contributed by atoms with Crippen LogP contribution in [0.3, 0.4) is 0 Å². The molecule has 0 saturated heterocycles. The number of halogens is 2. The van der Waals surface area contributed by atoms with Gasteiger partial charge in [0.2, 0.25) is 0 Å². The standard InChI is InChI=1S/C25H18Cl2N4OS/c1-14-11-17(15(2)30(14)20-10-6-9-19(26)22(20)27)12-18-23(28)31-21(16-7-4-3-5-8-16)13-33-25(31)29-24(18)32/h3-13,28H,1-2H3. The first-order chi connectivity index (χ1) is 15.9. The molecule has 1 N–H and O–H groups in total. The van der Waals surface area contributed by atoms with Gasteiger partial charge in [0.15, 0.2) is 5.17 Å². The number of hydrogen-bond donors (Lipinski definition) is 1. The number of nitrogens with zero attached hydrogens (tertiary/aromatic N) is 3. The van der Waals surface area contributed by atoms with Crippen LogP contribution in [0, 0.1) is 19.3 Å². The highest BCUT2D eigenvalue weighted by molar-refractivity contribution is 8.17. The maximum atomic E-state index is 12.9. The lowest BCUT2D eigenvalue weighted by Crippen LogP contribution is -2.38. The minimum Gasteiger partial charge on any atom is -0.316 e. The fourth-order valence-corrected chi connectivity index (χ4v) is 5.31. The van der Waals surface area contributed by atoms with Crippen molar-refractivity contribution in [3.05, 3.63) is 98.1 Å². The second-order valence-electron chi connectivity index (χ2n) is 7.66. The van der Waals surface area contributed by atoms with Crippen LogP contribution in [-0.2, 0) is 4.79 Å². The number of aromatic nitrogens is 1. The van der Waals surface area contributed by atoms with Crippen LogP contribution in [0.2, 0.25) is 10.0 Å². The van der Waals surface area contributed by atoms with Gasteiger partial charge in [-0.05, 0) is 49.2 Å². The Morgan fingerprint density at radius 1 is 1.06 bits per heavy atom. The molecular weight excluding hydrogens is 475 g/mol. The predicted molar refractivity (Wildman–Crippen MR) is 137 cm³/mol. The van der Waals surface area contributed by atoms with Crippen LogP contribution in [0.4, 0.5) is 0 Å². The van der Waals surface area contributed by atoms with Crippen molar-refractivity contribution in [1.82, 2.24) is 9.47 Å². The van der Waals surface area contributed by atoms with E-state index in [1.54, 1.807) is 17.0 Å². The Morgan fingerprint density at radius 2 is 1.82 bits per heavy atom. The van der Waals surface area contributed by atoms with Gasteiger partial charge in [-0.3, -0.25) is 15.1 Å². The maximum Gasteiger partial charge on any atom is 0.283 e. The number of amidine groups is 2. The zero-order chi connectivity index (χ0) is 23.3. The molecule has 1 amide bonds. The lowest BCUT2D eigenvalue weighted by atomic mass is 10.1. The van der Waals surface area contributed by atoms with Crippen molar-refractivity contribution in [3.63, 3.8) is 0 Å². The van der Waals surface area contributed by atoms with Crippen LogP contribution in [-0.4, -0.2) is 26.4 Å². The quantitative estimate of drug-likeness (QED) is 0.413. The highest BCUT2D eigenvalue weighted by Crippen LogP contribution is 2.38. The van der Waals surface area contributed by atoms with E-state index in [2.05, 4.69) is 4.99 Å². The molecule has 0 saturated carbocycles. The molecule has 0 aliphatic carbocycles. The topological polar surface area (TPSA) is 61.5 Å². The summed E-state index contributed by atoms with van der Waals surface area (Å²) in [4.78, 5) is 18.8. The molecule has 5 nitrogen and oxygen atoms in total. The number of aliphatic imine (C=N–C) groups is 1. The third-order valence-corrected chi connectivity index (χ3v) is 7.26. The molecule has 5 rings (SSSR count). The van der Waals surface area contributed by atoms with E-state index >= 15 is 0 Å². The van der Waals surface area contributed by atoms with E-state index in [1.165, 1.54) is 11.8 Å². The number of carbonyl (C=O) groups excluding carboxylic acids is 1. The highest BCUT2D eigenvalue weighted by atomic mass is 35.5. The largest absolute Gasteiger partial charge is 0.316 e. The van der Waals surface area contributed by atoms with Crippen LogP contribution in [0.1, 0.15) is 22.5 Å². The van der Waals surface area contributed by atoms with Gasteiger partial charge in [0.1, 0.15) is 5.84 Å². The smallest absolute Gasteiger partial charge is 0.283 e. The Bertz CT molecular complexity index is 1420. The summed E-state index contributed by atoms with van der Waals surface area (Å²) in [5, 5.41) is 12.2. The average Bonchev–Trinajstić information content (AvgIpc) is 3.34. The number of rotatable bonds is 3. The van der Waals surface area contributed by atoms with Gasteiger partial charge in [-0.15, -0.1) is 0 Å². The molecule has 0 bridgehead atoms. The Balaban J connectivity index is 1.57. The van der Waals surface area contributed by atoms with Crippen molar-refractivity contribution in [1.29, 1.82) is 5.41 Å². The molecule has 0 unspecified atom stereocenters. The minimum absolute atomic E-state index is 0.107. The number of amides is 1. The van der Waals surface area contributed by atoms with Gasteiger partial charge >= 0.3 is 0 Å². The first-order valence-electron chi connectivity index (χ1n) is 10.2. The van der Waals surface area contributed by atoms with Crippen molar-refractivity contribution < 1.29 is 4.79 Å². The molecule has 0 spiro atoms. The third kappa shape index (κ3) is 3.64. The summed E-state index contributed by atoms with van der Waals surface area (Å²) in [7, 11) is 0. The van der Waals surface area contributed by atoms with E-state index in [0.29, 0.717) is 15.2 Å². The molecule has 2 aliphatic heterocycles. The van der Waals surface area contributed by atoms with Crippen LogP contribution in [0.25, 0.3) is 17.5 Å². The van der Waals surface area contributed by atoms with Crippen LogP contribution in [0.5, 0.6) is 0 Å². The summed E-state index contributed by atoms with van der Waals surface area (Å²) in [6.07, 6.45) is 1.73. The summed E-state index contributed by atoms with van der Waals surface area (Å²) in [6.45, 7) is 3.91. The molecule has 164 valence electrons. The second-order valence-corrected chi connectivity index (χ2v) is 9.29. The zero-order valence-corrected chi connectivity index (χ0v) is 20.1. The fraction of sp³-hybridized carbons (Fsp3) is 0.0800. The number of hydrogen-bond acceptors (Lipinski definition) is 3. The Morgan fingerprint density at radius 3 is 2.58 bits per heavy atom. The van der Waals surface area contributed by atoms with Crippen LogP contribution < -0.4 is 0 Å². The van der Waals surface area contributed by atoms with Crippen molar-refractivity contribution in [2.45, 2.75) is 13.8 Å². The summed E-state index contributed by atoms with van der Waals surface area (Å²) >= 11 is 14.0. The first-order valence-corrected chi connectivity index (χ1v) is 11.8. The Hall–Kier alpha value is -3.06. The van der Waals surface area contributed by atoms with Gasteiger partial charge < -0.3 is 4.57 Å². The average molecular weight is 493 g/mol. The molecule has 8 heteroatoms. The molecule has 0 atom stereocenters. The van der Waals surface area contributed by atoms with Gasteiger partial charge in [0.25, 0.3) is 5.91 Å². The lowest BCUT2D eigenvalue weighted by molar-refractivity contribution is -0.114. The molecule has 3 heterocycles. The molecule has 33 heavy (non-hydrogen) atoms. The number of aryl methyl sites for hydroxylation is 1. The van der Waals surface area contributed by atoms with Gasteiger partial charge in [-0.25, -0.2) is 0 Å². The number of fused-ring (bicyclic) bond motifs is 1. The highest BCUT2D eigenvalue weighted by Gasteiger charge is 2.36. The van der Waals surface area contributed by atoms with E-state index in [4.69, 9.17) is 28.6 Å². The first kappa shape index (κ1) is 21.8. The van der Waals surface area contributed by atoms with Gasteiger partial charge in [-0.1, -0.05) is 71.4 Å². The SMILES string of the molecule is Cc1cc(C=C2C(=N)N3C(c4ccccc4)=CSC3=NC2=O)c(C)n1-c1cccc(Cl)c1Cl. The van der Waals surface area contributed by atoms with Gasteiger partial charge in [-0.2, -0.15) is 4.99 Å². The summed E-state index contributed by atoms with van der Waals surface area (Å²) < 4.78 is 1.99. The molecule has 0 radical (unpaired) electrons. The Kier molecular flexibility index (Phi) is 5.52. The van der Waals surface area contributed by atoms with Gasteiger partial charge in [0.05, 0.1) is 27.0 Å². The maximum absolute atomic E-state index is 12.9. The molecule has 2 aliphatic rings. The van der Waals surface area contributed by atoms with Crippen LogP contribution >= 0.6 is 35.0 Å². The van der Waals surface area contributed by atoms with Crippen molar-refractivity contribution in [3.8, 4) is 5.69 Å². The van der Waals surface area contributed by atoms with Crippen molar-refractivity contribution in [2.75, 3.05) is 0 Å². The van der Waals surface area contributed by atoms with E-state index in [1.807, 2.05) is 72.4 Å². The molecule has 1 aromatic heterocycles. The number of thioether (sulfide) groups is 1. The minimum atomic E-state index is -0.424. The predicted octanol–water partition coefficient (Wildman–Crippen LogP) is 6.71. The Labute approximate surface area is 205 Å². The molecule has 3 aromatic rings. The summed E-state index contributed by atoms with van der Waals surface area (Å²) in [6, 6.07) is 17.2. The number of nitrogens with one attached hydrogen (secondary N) is 1. The van der Waals surface area contributed by atoms with E-state index in [-0.39, 0.29) is 11.4 Å². The number of carbonyl (C=O) groups is 1. The lowest BCUT2D eigenvalue weighted by Gasteiger charge is -2.26. The van der Waals surface area contributed by atoms with Crippen LogP contribution in [0.15, 0.2) is 70.6 Å². The van der Waals surface area contributed by atoms with E-state index in [0.717, 1.165) is 33.9 Å². The fourth-order valence-electron chi connectivity index (χ4n) is 4.04. The van der Waals surface area contributed by atoms with Crippen molar-refractivity contribution >= 4 is 63.6 Å². The molecule has 2 aromatic carbocycles. The van der Waals surface area contributed by atoms with E-state index in [9.17, 15) is 4.79 Å². The molecular formula is C25H18Cl2N4OS. The van der Waals surface area contributed by atoms with Crippen molar-refractivity contribution in [2.24, 2.45) is 4.99 Å². The monoisotopic (exact) mass is 492 g/mol. The normalized spacial score (nSPS) is 16.8. The summed E-state index contributed by atoms with van der Waals surface area (Å²) in [5.41, 5.74) is 5.42. The zero-order valence-electron chi connectivity index (χ0n) is 17.8. The second kappa shape index (κ2) is 8.37. The molecule has 0 fully saturated rings.